The van der Waals surface area contributed by atoms with Gasteiger partial charge in [-0.25, -0.2) is 4.98 Å². The maximum atomic E-state index is 13.0. The highest BCUT2D eigenvalue weighted by Crippen LogP contribution is 2.34. The van der Waals surface area contributed by atoms with Crippen molar-refractivity contribution in [2.24, 2.45) is 0 Å². The number of imidazole rings is 1. The van der Waals surface area contributed by atoms with Crippen molar-refractivity contribution in [1.82, 2.24) is 9.55 Å². The summed E-state index contributed by atoms with van der Waals surface area (Å²) in [6, 6.07) is 26.3. The topological polar surface area (TPSA) is 47.4 Å². The predicted molar refractivity (Wildman–Crippen MR) is 134 cm³/mol. The molecular formula is C27H27N3O2S. The fraction of sp³-hybridized carbons (Fsp3) is 0.259. The predicted octanol–water partition coefficient (Wildman–Crippen LogP) is 5.75. The Labute approximate surface area is 198 Å². The SMILES string of the molecule is CSc1cccc(N2CC(c3nc4ccccc4n3CCCOc3ccccc3)CC2=O)c1. The summed E-state index contributed by atoms with van der Waals surface area (Å²) in [4.78, 5) is 21.0. The normalized spacial score (nSPS) is 16.0. The minimum atomic E-state index is 0.0675. The highest BCUT2D eigenvalue weighted by Gasteiger charge is 2.34. The molecule has 5 rings (SSSR count). The smallest absolute Gasteiger partial charge is 0.227 e. The number of hydrogen-bond donors (Lipinski definition) is 0. The first-order chi connectivity index (χ1) is 16.2. The zero-order valence-electron chi connectivity index (χ0n) is 18.7. The number of anilines is 1. The van der Waals surface area contributed by atoms with Gasteiger partial charge in [-0.2, -0.15) is 0 Å². The van der Waals surface area contributed by atoms with Gasteiger partial charge in [0.1, 0.15) is 11.6 Å². The first kappa shape index (κ1) is 21.6. The molecule has 1 aromatic heterocycles. The molecule has 1 aliphatic heterocycles. The molecule has 1 saturated heterocycles. The van der Waals surface area contributed by atoms with E-state index in [9.17, 15) is 4.79 Å². The number of carbonyl (C=O) groups is 1. The molecule has 1 unspecified atom stereocenters. The van der Waals surface area contributed by atoms with Gasteiger partial charge in [-0.1, -0.05) is 36.4 Å². The Balaban J connectivity index is 1.36. The lowest BCUT2D eigenvalue weighted by Crippen LogP contribution is -2.24. The number of para-hydroxylation sites is 3. The number of carbonyl (C=O) groups excluding carboxylic acids is 1. The van der Waals surface area contributed by atoms with Gasteiger partial charge in [0.2, 0.25) is 5.91 Å². The van der Waals surface area contributed by atoms with Crippen LogP contribution >= 0.6 is 11.8 Å². The van der Waals surface area contributed by atoms with Crippen LogP contribution in [0.25, 0.3) is 11.0 Å². The molecule has 4 aromatic rings. The monoisotopic (exact) mass is 457 g/mol. The summed E-state index contributed by atoms with van der Waals surface area (Å²) in [5.74, 6) is 2.10. The van der Waals surface area contributed by atoms with Crippen molar-refractivity contribution in [3.63, 3.8) is 0 Å². The lowest BCUT2D eigenvalue weighted by atomic mass is 10.1. The van der Waals surface area contributed by atoms with Gasteiger partial charge in [0, 0.05) is 36.0 Å². The van der Waals surface area contributed by atoms with E-state index < -0.39 is 0 Å². The molecular weight excluding hydrogens is 430 g/mol. The second-order valence-corrected chi connectivity index (χ2v) is 9.11. The van der Waals surface area contributed by atoms with Crippen LogP contribution < -0.4 is 9.64 Å². The van der Waals surface area contributed by atoms with Crippen LogP contribution in [0.1, 0.15) is 24.6 Å². The Hall–Kier alpha value is -3.25. The van der Waals surface area contributed by atoms with Crippen LogP contribution in [0, 0.1) is 0 Å². The number of thioether (sulfide) groups is 1. The molecule has 1 aliphatic rings. The van der Waals surface area contributed by atoms with Crippen molar-refractivity contribution in [2.75, 3.05) is 24.3 Å². The fourth-order valence-electron chi connectivity index (χ4n) is 4.48. The molecule has 3 aromatic carbocycles. The standard InChI is InChI=1S/C27H27N3O2S/c1-33-23-12-7-9-21(18-23)30-19-20(17-26(30)31)27-28-24-13-5-6-14-25(24)29(27)15-8-16-32-22-10-3-2-4-11-22/h2-7,9-14,18,20H,8,15-17,19H2,1H3. The van der Waals surface area contributed by atoms with Crippen LogP contribution in [0.2, 0.25) is 0 Å². The number of nitrogens with zero attached hydrogens (tertiary/aromatic N) is 3. The van der Waals surface area contributed by atoms with E-state index in [1.54, 1.807) is 11.8 Å². The van der Waals surface area contributed by atoms with Gasteiger partial charge < -0.3 is 14.2 Å². The summed E-state index contributed by atoms with van der Waals surface area (Å²) >= 11 is 1.69. The summed E-state index contributed by atoms with van der Waals surface area (Å²) in [6.45, 7) is 2.09. The molecule has 1 amide bonds. The molecule has 1 atom stereocenters. The van der Waals surface area contributed by atoms with E-state index >= 15 is 0 Å². The van der Waals surface area contributed by atoms with E-state index in [4.69, 9.17) is 9.72 Å². The molecule has 5 nitrogen and oxygen atoms in total. The molecule has 2 heterocycles. The van der Waals surface area contributed by atoms with Crippen LogP contribution in [-0.4, -0.2) is 34.9 Å². The highest BCUT2D eigenvalue weighted by molar-refractivity contribution is 7.98. The van der Waals surface area contributed by atoms with Gasteiger partial charge in [-0.05, 0) is 55.1 Å². The number of fused-ring (bicyclic) bond motifs is 1. The van der Waals surface area contributed by atoms with Gasteiger partial charge in [0.15, 0.2) is 0 Å². The summed E-state index contributed by atoms with van der Waals surface area (Å²) in [6.07, 6.45) is 3.40. The largest absolute Gasteiger partial charge is 0.494 e. The Kier molecular flexibility index (Phi) is 6.35. The van der Waals surface area contributed by atoms with E-state index in [0.717, 1.165) is 46.2 Å². The first-order valence-electron chi connectivity index (χ1n) is 11.3. The second-order valence-electron chi connectivity index (χ2n) is 8.23. The Morgan fingerprint density at radius 3 is 2.70 bits per heavy atom. The van der Waals surface area contributed by atoms with Crippen LogP contribution in [-0.2, 0) is 11.3 Å². The summed E-state index contributed by atoms with van der Waals surface area (Å²) in [5, 5.41) is 0. The molecule has 0 spiro atoms. The quantitative estimate of drug-likeness (QED) is 0.250. The molecule has 0 radical (unpaired) electrons. The highest BCUT2D eigenvalue weighted by atomic mass is 32.2. The first-order valence-corrected chi connectivity index (χ1v) is 12.5. The van der Waals surface area contributed by atoms with Gasteiger partial charge in [0.25, 0.3) is 0 Å². The van der Waals surface area contributed by atoms with E-state index in [0.29, 0.717) is 19.6 Å². The van der Waals surface area contributed by atoms with Crippen molar-refractivity contribution in [3.8, 4) is 5.75 Å². The van der Waals surface area contributed by atoms with Gasteiger partial charge in [-0.15, -0.1) is 11.8 Å². The molecule has 0 saturated carbocycles. The van der Waals surface area contributed by atoms with E-state index in [1.165, 1.54) is 0 Å². The lowest BCUT2D eigenvalue weighted by Gasteiger charge is -2.18. The molecule has 1 fully saturated rings. The Bertz CT molecular complexity index is 1250. The molecule has 0 bridgehead atoms. The van der Waals surface area contributed by atoms with E-state index in [-0.39, 0.29) is 11.8 Å². The third-order valence-electron chi connectivity index (χ3n) is 6.08. The zero-order valence-corrected chi connectivity index (χ0v) is 19.5. The number of hydrogen-bond acceptors (Lipinski definition) is 4. The molecule has 33 heavy (non-hydrogen) atoms. The average molecular weight is 458 g/mol. The van der Waals surface area contributed by atoms with Crippen LogP contribution in [0.3, 0.4) is 0 Å². The van der Waals surface area contributed by atoms with Crippen molar-refractivity contribution in [3.05, 3.63) is 84.7 Å². The number of rotatable bonds is 8. The van der Waals surface area contributed by atoms with Gasteiger partial charge >= 0.3 is 0 Å². The lowest BCUT2D eigenvalue weighted by molar-refractivity contribution is -0.117. The van der Waals surface area contributed by atoms with Crippen LogP contribution in [0.4, 0.5) is 5.69 Å². The number of ether oxygens (including phenoxy) is 1. The van der Waals surface area contributed by atoms with Crippen molar-refractivity contribution in [1.29, 1.82) is 0 Å². The van der Waals surface area contributed by atoms with Crippen molar-refractivity contribution in [2.45, 2.75) is 30.2 Å². The molecule has 168 valence electrons. The fourth-order valence-corrected chi connectivity index (χ4v) is 4.93. The number of amides is 1. The third-order valence-corrected chi connectivity index (χ3v) is 6.80. The average Bonchev–Trinajstić information content (AvgIpc) is 3.43. The molecule has 0 aliphatic carbocycles. The van der Waals surface area contributed by atoms with E-state index in [1.807, 2.05) is 65.6 Å². The zero-order chi connectivity index (χ0) is 22.6. The Morgan fingerprint density at radius 2 is 1.85 bits per heavy atom. The summed E-state index contributed by atoms with van der Waals surface area (Å²) in [7, 11) is 0. The number of aromatic nitrogens is 2. The summed E-state index contributed by atoms with van der Waals surface area (Å²) < 4.78 is 8.18. The summed E-state index contributed by atoms with van der Waals surface area (Å²) in [5.41, 5.74) is 3.06. The number of benzene rings is 3. The van der Waals surface area contributed by atoms with Crippen LogP contribution in [0.5, 0.6) is 5.75 Å². The van der Waals surface area contributed by atoms with Crippen molar-refractivity contribution < 1.29 is 9.53 Å². The van der Waals surface area contributed by atoms with E-state index in [2.05, 4.69) is 29.0 Å². The van der Waals surface area contributed by atoms with Crippen molar-refractivity contribution >= 4 is 34.4 Å². The second kappa shape index (κ2) is 9.71. The third kappa shape index (κ3) is 4.62. The van der Waals surface area contributed by atoms with Gasteiger partial charge in [-0.3, -0.25) is 4.79 Å². The maximum absolute atomic E-state index is 13.0. The number of aryl methyl sites for hydroxylation is 1. The minimum Gasteiger partial charge on any atom is -0.494 e. The minimum absolute atomic E-state index is 0.0675. The maximum Gasteiger partial charge on any atom is 0.227 e. The molecule has 6 heteroatoms. The Morgan fingerprint density at radius 1 is 1.03 bits per heavy atom. The van der Waals surface area contributed by atoms with Crippen LogP contribution in [0.15, 0.2) is 83.8 Å². The van der Waals surface area contributed by atoms with Gasteiger partial charge in [0.05, 0.1) is 17.6 Å². The molecule has 0 N–H and O–H groups in total.